The van der Waals surface area contributed by atoms with Crippen molar-refractivity contribution in [3.8, 4) is 0 Å². The maximum Gasteiger partial charge on any atom is 0.416 e. The van der Waals surface area contributed by atoms with Gasteiger partial charge in [0, 0.05) is 45.3 Å². The number of rotatable bonds is 9. The van der Waals surface area contributed by atoms with Gasteiger partial charge in [-0.25, -0.2) is 0 Å². The Labute approximate surface area is 228 Å². The molecule has 3 aromatic carbocycles. The number of carbonyl (C=O) groups is 1. The van der Waals surface area contributed by atoms with Crippen LogP contribution in [0.4, 0.5) is 13.2 Å². The predicted molar refractivity (Wildman–Crippen MR) is 147 cm³/mol. The van der Waals surface area contributed by atoms with Crippen LogP contribution >= 0.6 is 0 Å². The first-order chi connectivity index (χ1) is 18.5. The van der Waals surface area contributed by atoms with Gasteiger partial charge < -0.3 is 15.0 Å². The third-order valence-electron chi connectivity index (χ3n) is 6.69. The molecule has 0 spiro atoms. The van der Waals surface area contributed by atoms with Gasteiger partial charge in [-0.1, -0.05) is 37.3 Å². The molecule has 2 N–H and O–H groups in total. The number of aromatic nitrogens is 1. The Morgan fingerprint density at radius 1 is 1.03 bits per heavy atom. The summed E-state index contributed by atoms with van der Waals surface area (Å²) < 4.78 is 54.8. The van der Waals surface area contributed by atoms with Gasteiger partial charge in [0.15, 0.2) is 0 Å². The van der Waals surface area contributed by atoms with E-state index in [1.165, 1.54) is 12.1 Å². The fourth-order valence-electron chi connectivity index (χ4n) is 4.82. The number of fused-ring (bicyclic) bond motifs is 1. The lowest BCUT2D eigenvalue weighted by Crippen LogP contribution is -2.30. The Balaban J connectivity index is 1.62. The number of benzene rings is 3. The molecule has 206 valence electrons. The van der Waals surface area contributed by atoms with Crippen molar-refractivity contribution in [1.29, 1.82) is 0 Å². The van der Waals surface area contributed by atoms with Gasteiger partial charge in [-0.05, 0) is 67.4 Å². The molecule has 9 heteroatoms. The first-order valence-corrected chi connectivity index (χ1v) is 14.0. The van der Waals surface area contributed by atoms with Gasteiger partial charge in [-0.15, -0.1) is 0 Å². The van der Waals surface area contributed by atoms with Gasteiger partial charge in [0.05, 0.1) is 29.0 Å². The zero-order valence-corrected chi connectivity index (χ0v) is 22.8. The van der Waals surface area contributed by atoms with E-state index in [2.05, 4.69) is 5.32 Å². The normalized spacial score (nSPS) is 13.5. The molecule has 5 nitrogen and oxygen atoms in total. The lowest BCUT2D eigenvalue weighted by molar-refractivity contribution is -0.138. The minimum Gasteiger partial charge on any atom is -0.394 e. The van der Waals surface area contributed by atoms with E-state index in [0.717, 1.165) is 17.0 Å². The van der Waals surface area contributed by atoms with E-state index >= 15 is 0 Å². The first kappa shape index (κ1) is 28.6. The minimum atomic E-state index is -4.45. The van der Waals surface area contributed by atoms with Crippen LogP contribution in [0.25, 0.3) is 10.9 Å². The smallest absolute Gasteiger partial charge is 0.394 e. The summed E-state index contributed by atoms with van der Waals surface area (Å²) in [4.78, 5) is 13.8. The van der Waals surface area contributed by atoms with Crippen molar-refractivity contribution in [2.45, 2.75) is 50.3 Å². The molecule has 0 aliphatic heterocycles. The summed E-state index contributed by atoms with van der Waals surface area (Å²) in [7, 11) is -1.10. The van der Waals surface area contributed by atoms with E-state index < -0.39 is 34.5 Å². The van der Waals surface area contributed by atoms with Crippen LogP contribution < -0.4 is 5.32 Å². The zero-order chi connectivity index (χ0) is 28.3. The Morgan fingerprint density at radius 2 is 1.72 bits per heavy atom. The number of aliphatic hydroxyl groups is 1. The highest BCUT2D eigenvalue weighted by Crippen LogP contribution is 2.34. The molecule has 1 heterocycles. The van der Waals surface area contributed by atoms with Crippen LogP contribution in [0.3, 0.4) is 0 Å². The molecule has 0 saturated heterocycles. The van der Waals surface area contributed by atoms with Crippen LogP contribution in [0.15, 0.2) is 77.7 Å². The lowest BCUT2D eigenvalue weighted by atomic mass is 10.0. The molecular formula is C30H31F3N2O3S. The molecule has 1 aromatic heterocycles. The van der Waals surface area contributed by atoms with Crippen molar-refractivity contribution in [2.75, 3.05) is 12.4 Å². The number of nitrogens with one attached hydrogen (secondary N) is 1. The van der Waals surface area contributed by atoms with Crippen LogP contribution in [0, 0.1) is 0 Å². The highest BCUT2D eigenvalue weighted by Gasteiger charge is 2.33. The number of hydrogen-bond acceptors (Lipinski definition) is 3. The highest BCUT2D eigenvalue weighted by atomic mass is 32.2. The molecule has 0 radical (unpaired) electrons. The van der Waals surface area contributed by atoms with Crippen LogP contribution in [-0.2, 0) is 23.4 Å². The maximum atomic E-state index is 13.6. The standard InChI is InChI=1S/C30H31F3N2O3S/c1-4-39(38)25-12-9-20(10-13-25)27(18-36)34-29(37)22-11-14-28-23(15-22)17-24(35(28)19(2)3)16-21-7-5-6-8-26(21)30(31,32)33/h5-15,17,19,27,36H,4,16,18H2,1-3H3,(H,34,37). The molecule has 4 aromatic rings. The molecule has 0 saturated carbocycles. The van der Waals surface area contributed by atoms with E-state index in [9.17, 15) is 27.3 Å². The van der Waals surface area contributed by atoms with Crippen molar-refractivity contribution in [1.82, 2.24) is 9.88 Å². The van der Waals surface area contributed by atoms with Crippen molar-refractivity contribution >= 4 is 27.6 Å². The molecule has 4 rings (SSSR count). The number of aliphatic hydroxyl groups excluding tert-OH is 1. The number of alkyl halides is 3. The number of carbonyl (C=O) groups excluding carboxylic acids is 1. The number of halogens is 3. The van der Waals surface area contributed by atoms with Crippen molar-refractivity contribution in [2.24, 2.45) is 0 Å². The third-order valence-corrected chi connectivity index (χ3v) is 8.01. The molecule has 2 unspecified atom stereocenters. The summed E-state index contributed by atoms with van der Waals surface area (Å²) >= 11 is 0. The van der Waals surface area contributed by atoms with Gasteiger partial charge in [0.1, 0.15) is 0 Å². The van der Waals surface area contributed by atoms with E-state index in [0.29, 0.717) is 27.5 Å². The monoisotopic (exact) mass is 556 g/mol. The minimum absolute atomic E-state index is 0.0148. The van der Waals surface area contributed by atoms with E-state index in [1.807, 2.05) is 31.4 Å². The SMILES string of the molecule is CCS(=O)c1ccc(C(CO)NC(=O)c2ccc3c(c2)cc(Cc2ccccc2C(F)(F)F)n3C(C)C)cc1. The second kappa shape index (κ2) is 11.8. The summed E-state index contributed by atoms with van der Waals surface area (Å²) in [5.41, 5.74) is 2.11. The topological polar surface area (TPSA) is 71.3 Å². The van der Waals surface area contributed by atoms with Gasteiger partial charge in [0.2, 0.25) is 0 Å². The summed E-state index contributed by atoms with van der Waals surface area (Å²) in [6, 6.07) is 18.8. The van der Waals surface area contributed by atoms with Crippen molar-refractivity contribution < 1.29 is 27.3 Å². The molecular weight excluding hydrogens is 525 g/mol. The average molecular weight is 557 g/mol. The van der Waals surface area contributed by atoms with Gasteiger partial charge >= 0.3 is 6.18 Å². The maximum absolute atomic E-state index is 13.6. The Morgan fingerprint density at radius 3 is 2.33 bits per heavy atom. The van der Waals surface area contributed by atoms with Crippen LogP contribution in [0.1, 0.15) is 65.6 Å². The number of nitrogens with zero attached hydrogens (tertiary/aromatic N) is 1. The quantitative estimate of drug-likeness (QED) is 0.250. The average Bonchev–Trinajstić information content (AvgIpc) is 3.28. The van der Waals surface area contributed by atoms with Gasteiger partial charge in [0.25, 0.3) is 5.91 Å². The molecule has 0 bridgehead atoms. The fourth-order valence-corrected chi connectivity index (χ4v) is 5.59. The highest BCUT2D eigenvalue weighted by molar-refractivity contribution is 7.85. The Bertz CT molecular complexity index is 1490. The Hall–Kier alpha value is -3.43. The largest absolute Gasteiger partial charge is 0.416 e. The predicted octanol–water partition coefficient (Wildman–Crippen LogP) is 6.42. The summed E-state index contributed by atoms with van der Waals surface area (Å²) in [6.45, 7) is 5.44. The molecule has 2 atom stereocenters. The van der Waals surface area contributed by atoms with Crippen LogP contribution in [0.2, 0.25) is 0 Å². The molecule has 39 heavy (non-hydrogen) atoms. The second-order valence-electron chi connectivity index (χ2n) is 9.62. The molecule has 0 aliphatic carbocycles. The van der Waals surface area contributed by atoms with Crippen LogP contribution in [-0.4, -0.2) is 32.1 Å². The Kier molecular flexibility index (Phi) is 8.61. The van der Waals surface area contributed by atoms with Crippen molar-refractivity contribution in [3.63, 3.8) is 0 Å². The zero-order valence-electron chi connectivity index (χ0n) is 22.0. The summed E-state index contributed by atoms with van der Waals surface area (Å²) in [6.07, 6.45) is -4.36. The van der Waals surface area contributed by atoms with E-state index in [-0.39, 0.29) is 24.6 Å². The third kappa shape index (κ3) is 6.25. The second-order valence-corrected chi connectivity index (χ2v) is 11.4. The molecule has 1 amide bonds. The molecule has 0 aliphatic rings. The van der Waals surface area contributed by atoms with Gasteiger partial charge in [-0.3, -0.25) is 9.00 Å². The van der Waals surface area contributed by atoms with Gasteiger partial charge in [-0.2, -0.15) is 13.2 Å². The molecule has 0 fully saturated rings. The summed E-state index contributed by atoms with van der Waals surface area (Å²) in [5.74, 6) is 0.107. The fraction of sp³-hybridized carbons (Fsp3) is 0.300. The van der Waals surface area contributed by atoms with E-state index in [1.54, 1.807) is 48.5 Å². The number of amides is 1. The first-order valence-electron chi connectivity index (χ1n) is 12.7. The van der Waals surface area contributed by atoms with E-state index in [4.69, 9.17) is 0 Å². The number of hydrogen-bond donors (Lipinski definition) is 2. The van der Waals surface area contributed by atoms with Crippen molar-refractivity contribution in [3.05, 3.63) is 101 Å². The van der Waals surface area contributed by atoms with Crippen LogP contribution in [0.5, 0.6) is 0 Å². The summed E-state index contributed by atoms with van der Waals surface area (Å²) in [5, 5.41) is 13.5. The lowest BCUT2D eigenvalue weighted by Gasteiger charge is -2.18.